The van der Waals surface area contributed by atoms with Crippen molar-refractivity contribution in [1.82, 2.24) is 10.2 Å². The van der Waals surface area contributed by atoms with E-state index in [1.807, 2.05) is 13.0 Å². The first-order valence-corrected chi connectivity index (χ1v) is 9.16. The molecule has 3 rings (SSSR count). The molecule has 1 aromatic carbocycles. The molecule has 1 fully saturated rings. The molecule has 0 spiro atoms. The number of carbonyl (C=O) groups is 2. The van der Waals surface area contributed by atoms with Gasteiger partial charge in [-0.25, -0.2) is 0 Å². The number of aromatic nitrogens is 2. The van der Waals surface area contributed by atoms with E-state index >= 15 is 0 Å². The number of rotatable bonds is 5. The summed E-state index contributed by atoms with van der Waals surface area (Å²) >= 11 is 2.93. The van der Waals surface area contributed by atoms with Gasteiger partial charge in [-0.15, -0.1) is 10.2 Å². The van der Waals surface area contributed by atoms with E-state index < -0.39 is 0 Å². The number of amides is 2. The highest BCUT2D eigenvalue weighted by Gasteiger charge is 2.25. The molecule has 0 atom stereocenters. The predicted molar refractivity (Wildman–Crippen MR) is 92.3 cm³/mol. The maximum atomic E-state index is 12.5. The fourth-order valence-corrected chi connectivity index (χ4v) is 4.05. The smallest absolute Gasteiger partial charge is 0.259 e. The van der Waals surface area contributed by atoms with Crippen LogP contribution < -0.4 is 10.2 Å². The lowest BCUT2D eigenvalue weighted by atomic mass is 10.1. The second kappa shape index (κ2) is 7.10. The van der Waals surface area contributed by atoms with Crippen LogP contribution in [0.1, 0.15) is 30.1 Å². The molecule has 6 nitrogen and oxygen atoms in total. The number of thioether (sulfide) groups is 1. The van der Waals surface area contributed by atoms with Crippen molar-refractivity contribution in [2.24, 2.45) is 0 Å². The average molecular weight is 348 g/mol. The highest BCUT2D eigenvalue weighted by Crippen LogP contribution is 2.28. The minimum atomic E-state index is -0.274. The van der Waals surface area contributed by atoms with Crippen molar-refractivity contribution >= 4 is 45.7 Å². The third-order valence-corrected chi connectivity index (χ3v) is 5.26. The van der Waals surface area contributed by atoms with Gasteiger partial charge in [-0.05, 0) is 24.3 Å². The van der Waals surface area contributed by atoms with Gasteiger partial charge in [0.05, 0.1) is 11.3 Å². The average Bonchev–Trinajstić information content (AvgIpc) is 3.17. The van der Waals surface area contributed by atoms with Crippen LogP contribution >= 0.6 is 23.1 Å². The molecular formula is C15H16N4O2S2. The van der Waals surface area contributed by atoms with E-state index in [0.29, 0.717) is 29.3 Å². The third-order valence-electron chi connectivity index (χ3n) is 3.41. The monoisotopic (exact) mass is 348 g/mol. The number of hydrogen-bond acceptors (Lipinski definition) is 6. The molecule has 1 aliphatic heterocycles. The Balaban J connectivity index is 1.80. The molecule has 0 bridgehead atoms. The van der Waals surface area contributed by atoms with Gasteiger partial charge >= 0.3 is 0 Å². The zero-order chi connectivity index (χ0) is 16.2. The summed E-state index contributed by atoms with van der Waals surface area (Å²) in [7, 11) is 0. The SMILES string of the molecule is CCSc1nnc(NC(=O)c2ccccc2N2CCCC2=O)s1. The van der Waals surface area contributed by atoms with E-state index in [0.717, 1.165) is 16.5 Å². The summed E-state index contributed by atoms with van der Waals surface area (Å²) in [6, 6.07) is 7.14. The number of benzene rings is 1. The first kappa shape index (κ1) is 15.9. The molecule has 2 amide bonds. The van der Waals surface area contributed by atoms with Crippen molar-refractivity contribution in [3.05, 3.63) is 29.8 Å². The van der Waals surface area contributed by atoms with E-state index in [-0.39, 0.29) is 11.8 Å². The molecule has 0 radical (unpaired) electrons. The zero-order valence-corrected chi connectivity index (χ0v) is 14.2. The van der Waals surface area contributed by atoms with Gasteiger partial charge in [0.15, 0.2) is 4.34 Å². The molecule has 1 aliphatic rings. The van der Waals surface area contributed by atoms with Gasteiger partial charge in [0.25, 0.3) is 5.91 Å². The van der Waals surface area contributed by atoms with Gasteiger partial charge in [0.1, 0.15) is 0 Å². The lowest BCUT2D eigenvalue weighted by Gasteiger charge is -2.18. The van der Waals surface area contributed by atoms with Crippen LogP contribution in [0.4, 0.5) is 10.8 Å². The summed E-state index contributed by atoms with van der Waals surface area (Å²) in [5.41, 5.74) is 1.13. The molecule has 1 aromatic heterocycles. The molecule has 0 aliphatic carbocycles. The fraction of sp³-hybridized carbons (Fsp3) is 0.333. The van der Waals surface area contributed by atoms with Gasteiger partial charge in [-0.1, -0.05) is 42.2 Å². The van der Waals surface area contributed by atoms with Crippen LogP contribution in [0.5, 0.6) is 0 Å². The fourth-order valence-electron chi connectivity index (χ4n) is 2.41. The minimum Gasteiger partial charge on any atom is -0.312 e. The topological polar surface area (TPSA) is 75.2 Å². The first-order valence-electron chi connectivity index (χ1n) is 7.36. The summed E-state index contributed by atoms with van der Waals surface area (Å²) in [4.78, 5) is 26.2. The highest BCUT2D eigenvalue weighted by molar-refractivity contribution is 8.01. The number of nitrogens with one attached hydrogen (secondary N) is 1. The highest BCUT2D eigenvalue weighted by atomic mass is 32.2. The van der Waals surface area contributed by atoms with E-state index in [2.05, 4.69) is 15.5 Å². The van der Waals surface area contributed by atoms with E-state index in [4.69, 9.17) is 0 Å². The van der Waals surface area contributed by atoms with Crippen molar-refractivity contribution in [2.75, 3.05) is 22.5 Å². The van der Waals surface area contributed by atoms with Crippen LogP contribution in [0, 0.1) is 0 Å². The summed E-state index contributed by atoms with van der Waals surface area (Å²) in [5, 5.41) is 11.2. The number of hydrogen-bond donors (Lipinski definition) is 1. The molecule has 23 heavy (non-hydrogen) atoms. The largest absolute Gasteiger partial charge is 0.312 e. The van der Waals surface area contributed by atoms with Gasteiger partial charge in [-0.2, -0.15) is 0 Å². The third kappa shape index (κ3) is 3.53. The molecule has 0 unspecified atom stereocenters. The lowest BCUT2D eigenvalue weighted by molar-refractivity contribution is -0.117. The zero-order valence-electron chi connectivity index (χ0n) is 12.6. The number of carbonyl (C=O) groups excluding carboxylic acids is 2. The van der Waals surface area contributed by atoms with Gasteiger partial charge in [0, 0.05) is 13.0 Å². The minimum absolute atomic E-state index is 0.0581. The second-order valence-electron chi connectivity index (χ2n) is 4.93. The molecule has 2 heterocycles. The first-order chi connectivity index (χ1) is 11.2. The maximum Gasteiger partial charge on any atom is 0.259 e. The van der Waals surface area contributed by atoms with Crippen molar-refractivity contribution in [3.63, 3.8) is 0 Å². The number of anilines is 2. The lowest BCUT2D eigenvalue weighted by Crippen LogP contribution is -2.27. The van der Waals surface area contributed by atoms with Crippen LogP contribution in [-0.2, 0) is 4.79 Å². The summed E-state index contributed by atoms with van der Waals surface area (Å²) in [5.74, 6) is 0.690. The molecule has 8 heteroatoms. The quantitative estimate of drug-likeness (QED) is 0.664. The summed E-state index contributed by atoms with van der Waals surface area (Å²) < 4.78 is 0.825. The van der Waals surface area contributed by atoms with Gasteiger partial charge < -0.3 is 4.90 Å². The van der Waals surface area contributed by atoms with Crippen LogP contribution in [0.3, 0.4) is 0 Å². The summed E-state index contributed by atoms with van der Waals surface area (Å²) in [6.07, 6.45) is 1.35. The molecule has 120 valence electrons. The van der Waals surface area contributed by atoms with E-state index in [1.54, 1.807) is 34.9 Å². The van der Waals surface area contributed by atoms with Crippen molar-refractivity contribution in [3.8, 4) is 0 Å². The predicted octanol–water partition coefficient (Wildman–Crippen LogP) is 3.03. The number of nitrogens with zero attached hydrogens (tertiary/aromatic N) is 3. The van der Waals surface area contributed by atoms with Crippen LogP contribution in [0.2, 0.25) is 0 Å². The molecular weight excluding hydrogens is 332 g/mol. The number of para-hydroxylation sites is 1. The Kier molecular flexibility index (Phi) is 4.92. The maximum absolute atomic E-state index is 12.5. The van der Waals surface area contributed by atoms with Crippen LogP contribution in [-0.4, -0.2) is 34.3 Å². The van der Waals surface area contributed by atoms with Crippen LogP contribution in [0.25, 0.3) is 0 Å². The van der Waals surface area contributed by atoms with E-state index in [9.17, 15) is 9.59 Å². The molecule has 2 aromatic rings. The Labute approximate surface area is 142 Å². The molecule has 1 saturated heterocycles. The molecule has 0 saturated carbocycles. The Bertz CT molecular complexity index is 732. The molecule has 1 N–H and O–H groups in total. The van der Waals surface area contributed by atoms with Crippen molar-refractivity contribution < 1.29 is 9.59 Å². The summed E-state index contributed by atoms with van der Waals surface area (Å²) in [6.45, 7) is 2.69. The Morgan fingerprint density at radius 2 is 2.22 bits per heavy atom. The van der Waals surface area contributed by atoms with Crippen molar-refractivity contribution in [2.45, 2.75) is 24.1 Å². The van der Waals surface area contributed by atoms with Crippen LogP contribution in [0.15, 0.2) is 28.6 Å². The van der Waals surface area contributed by atoms with Crippen molar-refractivity contribution in [1.29, 1.82) is 0 Å². The Morgan fingerprint density at radius 1 is 1.39 bits per heavy atom. The Morgan fingerprint density at radius 3 is 2.96 bits per heavy atom. The van der Waals surface area contributed by atoms with Gasteiger partial charge in [0.2, 0.25) is 11.0 Å². The van der Waals surface area contributed by atoms with E-state index in [1.165, 1.54) is 11.3 Å². The normalized spacial score (nSPS) is 14.3. The standard InChI is InChI=1S/C15H16N4O2S2/c1-2-22-15-18-17-14(23-15)16-13(21)10-6-3-4-7-11(10)19-9-5-8-12(19)20/h3-4,6-7H,2,5,8-9H2,1H3,(H,16,17,21). The van der Waals surface area contributed by atoms with Gasteiger partial charge in [-0.3, -0.25) is 14.9 Å². The second-order valence-corrected chi connectivity index (χ2v) is 7.42. The Hall–Kier alpha value is -1.93.